The summed E-state index contributed by atoms with van der Waals surface area (Å²) in [5, 5.41) is 7.94. The lowest BCUT2D eigenvalue weighted by molar-refractivity contribution is 0.0926. The third-order valence-corrected chi connectivity index (χ3v) is 7.19. The molecule has 178 valence electrons. The van der Waals surface area contributed by atoms with Gasteiger partial charge in [0.1, 0.15) is 0 Å². The fraction of sp³-hybridized carbons (Fsp3) is 0.321. The van der Waals surface area contributed by atoms with Crippen LogP contribution in [0.2, 0.25) is 0 Å². The molecule has 2 aromatic heterocycles. The number of para-hydroxylation sites is 1. The number of anilines is 2. The SMILES string of the molecule is Nc1ccc(C(=O)N[C@H]2CCCC(Nc3ncc(C4CC4)c(-c4c[nH]c5ccccc45)n3)C2)cc1. The van der Waals surface area contributed by atoms with Crippen LogP contribution in [0.15, 0.2) is 60.9 Å². The Kier molecular flexibility index (Phi) is 5.60. The molecule has 0 aliphatic heterocycles. The molecule has 2 aromatic carbocycles. The van der Waals surface area contributed by atoms with Crippen LogP contribution in [-0.2, 0) is 0 Å². The molecule has 2 saturated carbocycles. The number of rotatable bonds is 6. The van der Waals surface area contributed by atoms with Crippen LogP contribution in [0.3, 0.4) is 0 Å². The van der Waals surface area contributed by atoms with Gasteiger partial charge in [-0.2, -0.15) is 0 Å². The van der Waals surface area contributed by atoms with E-state index in [1.165, 1.54) is 23.8 Å². The van der Waals surface area contributed by atoms with Crippen LogP contribution in [0.1, 0.15) is 60.4 Å². The number of nitrogen functional groups attached to an aromatic ring is 1. The Labute approximate surface area is 204 Å². The van der Waals surface area contributed by atoms with E-state index in [-0.39, 0.29) is 18.0 Å². The fourth-order valence-electron chi connectivity index (χ4n) is 5.17. The molecule has 4 aromatic rings. The third-order valence-electron chi connectivity index (χ3n) is 7.19. The van der Waals surface area contributed by atoms with Crippen molar-refractivity contribution in [1.82, 2.24) is 20.3 Å². The zero-order valence-corrected chi connectivity index (χ0v) is 19.6. The maximum Gasteiger partial charge on any atom is 0.251 e. The number of nitrogens with one attached hydrogen (secondary N) is 3. The van der Waals surface area contributed by atoms with Crippen LogP contribution in [-0.4, -0.2) is 32.9 Å². The number of aromatic nitrogens is 3. The van der Waals surface area contributed by atoms with Crippen molar-refractivity contribution in [2.24, 2.45) is 0 Å². The van der Waals surface area contributed by atoms with Gasteiger partial charge >= 0.3 is 0 Å². The highest BCUT2D eigenvalue weighted by Gasteiger charge is 2.30. The van der Waals surface area contributed by atoms with Crippen molar-refractivity contribution in [3.8, 4) is 11.3 Å². The monoisotopic (exact) mass is 466 g/mol. The highest BCUT2D eigenvalue weighted by molar-refractivity contribution is 5.95. The molecule has 7 heteroatoms. The average Bonchev–Trinajstić information content (AvgIpc) is 3.63. The Morgan fingerprint density at radius 2 is 1.80 bits per heavy atom. The minimum atomic E-state index is -0.0534. The lowest BCUT2D eigenvalue weighted by Crippen LogP contribution is -2.42. The van der Waals surface area contributed by atoms with E-state index in [9.17, 15) is 4.79 Å². The average molecular weight is 467 g/mol. The molecule has 0 radical (unpaired) electrons. The first-order valence-electron chi connectivity index (χ1n) is 12.5. The van der Waals surface area contributed by atoms with Crippen molar-refractivity contribution in [2.75, 3.05) is 11.1 Å². The topological polar surface area (TPSA) is 109 Å². The lowest BCUT2D eigenvalue weighted by Gasteiger charge is -2.30. The Balaban J connectivity index is 1.19. The van der Waals surface area contributed by atoms with E-state index in [2.05, 4.69) is 40.0 Å². The number of hydrogen-bond acceptors (Lipinski definition) is 5. The quantitative estimate of drug-likeness (QED) is 0.291. The van der Waals surface area contributed by atoms with Crippen molar-refractivity contribution >= 4 is 28.4 Å². The molecule has 5 N–H and O–H groups in total. The molecular weight excluding hydrogens is 436 g/mol. The van der Waals surface area contributed by atoms with E-state index in [4.69, 9.17) is 15.7 Å². The van der Waals surface area contributed by atoms with E-state index >= 15 is 0 Å². The molecular formula is C28H30N6O. The van der Waals surface area contributed by atoms with Crippen LogP contribution >= 0.6 is 0 Å². The second-order valence-corrected chi connectivity index (χ2v) is 9.82. The van der Waals surface area contributed by atoms with Crippen molar-refractivity contribution in [1.29, 1.82) is 0 Å². The number of amides is 1. The normalized spacial score (nSPS) is 20.0. The smallest absolute Gasteiger partial charge is 0.251 e. The van der Waals surface area contributed by atoms with Gasteiger partial charge in [0.05, 0.1) is 5.69 Å². The summed E-state index contributed by atoms with van der Waals surface area (Å²) < 4.78 is 0. The van der Waals surface area contributed by atoms with Gasteiger partial charge < -0.3 is 21.4 Å². The zero-order chi connectivity index (χ0) is 23.8. The Hall–Kier alpha value is -3.87. The summed E-state index contributed by atoms with van der Waals surface area (Å²) in [6.45, 7) is 0. The van der Waals surface area contributed by atoms with Gasteiger partial charge in [-0.15, -0.1) is 0 Å². The summed E-state index contributed by atoms with van der Waals surface area (Å²) in [5.41, 5.74) is 11.5. The minimum Gasteiger partial charge on any atom is -0.399 e. The number of H-pyrrole nitrogens is 1. The predicted molar refractivity (Wildman–Crippen MR) is 139 cm³/mol. The van der Waals surface area contributed by atoms with Gasteiger partial charge in [0.2, 0.25) is 5.95 Å². The maximum absolute atomic E-state index is 12.7. The highest BCUT2D eigenvalue weighted by atomic mass is 16.1. The first-order chi connectivity index (χ1) is 17.1. The summed E-state index contributed by atoms with van der Waals surface area (Å²) in [7, 11) is 0. The molecule has 35 heavy (non-hydrogen) atoms. The Bertz CT molecular complexity index is 1360. The summed E-state index contributed by atoms with van der Waals surface area (Å²) in [4.78, 5) is 25.8. The number of benzene rings is 2. The predicted octanol–water partition coefficient (Wildman–Crippen LogP) is 5.24. The van der Waals surface area contributed by atoms with Gasteiger partial charge in [0.15, 0.2) is 0 Å². The van der Waals surface area contributed by atoms with E-state index in [1.807, 2.05) is 12.3 Å². The maximum atomic E-state index is 12.7. The first kappa shape index (κ1) is 21.6. The molecule has 6 rings (SSSR count). The summed E-state index contributed by atoms with van der Waals surface area (Å²) in [6.07, 6.45) is 10.4. The molecule has 2 atom stereocenters. The molecule has 2 heterocycles. The molecule has 2 fully saturated rings. The molecule has 1 unspecified atom stereocenters. The van der Waals surface area contributed by atoms with Crippen LogP contribution in [0.4, 0.5) is 11.6 Å². The number of aromatic amines is 1. The van der Waals surface area contributed by atoms with Gasteiger partial charge in [0, 0.05) is 57.8 Å². The molecule has 2 aliphatic carbocycles. The van der Waals surface area contributed by atoms with Crippen LogP contribution < -0.4 is 16.4 Å². The summed E-state index contributed by atoms with van der Waals surface area (Å²) >= 11 is 0. The second-order valence-electron chi connectivity index (χ2n) is 9.82. The Morgan fingerprint density at radius 1 is 1.00 bits per heavy atom. The lowest BCUT2D eigenvalue weighted by atomic mass is 9.91. The van der Waals surface area contributed by atoms with Crippen LogP contribution in [0, 0.1) is 0 Å². The number of fused-ring (bicyclic) bond motifs is 1. The van der Waals surface area contributed by atoms with Crippen molar-refractivity contribution in [3.63, 3.8) is 0 Å². The van der Waals surface area contributed by atoms with Gasteiger partial charge in [-0.3, -0.25) is 4.79 Å². The van der Waals surface area contributed by atoms with Crippen molar-refractivity contribution in [2.45, 2.75) is 56.5 Å². The van der Waals surface area contributed by atoms with Crippen LogP contribution in [0.5, 0.6) is 0 Å². The van der Waals surface area contributed by atoms with E-state index in [1.54, 1.807) is 24.3 Å². The number of carbonyl (C=O) groups excluding carboxylic acids is 1. The van der Waals surface area contributed by atoms with Crippen molar-refractivity contribution < 1.29 is 4.79 Å². The summed E-state index contributed by atoms with van der Waals surface area (Å²) in [5.74, 6) is 1.16. The number of nitrogens with zero attached hydrogens (tertiary/aromatic N) is 2. The molecule has 0 saturated heterocycles. The molecule has 0 spiro atoms. The first-order valence-corrected chi connectivity index (χ1v) is 12.5. The van der Waals surface area contributed by atoms with Crippen molar-refractivity contribution in [3.05, 3.63) is 72.1 Å². The zero-order valence-electron chi connectivity index (χ0n) is 19.6. The van der Waals surface area contributed by atoms with E-state index < -0.39 is 0 Å². The van der Waals surface area contributed by atoms with Gasteiger partial charge in [-0.05, 0) is 74.8 Å². The van der Waals surface area contributed by atoms with E-state index in [0.717, 1.165) is 42.5 Å². The van der Waals surface area contributed by atoms with Gasteiger partial charge in [0.25, 0.3) is 5.91 Å². The number of hydrogen-bond donors (Lipinski definition) is 4. The van der Waals surface area contributed by atoms with E-state index in [0.29, 0.717) is 23.1 Å². The van der Waals surface area contributed by atoms with Gasteiger partial charge in [-0.1, -0.05) is 18.2 Å². The number of carbonyl (C=O) groups is 1. The second kappa shape index (κ2) is 9.06. The molecule has 0 bridgehead atoms. The standard InChI is InChI=1S/C28H30N6O/c29-19-12-10-18(11-13-19)27(35)32-20-4-3-5-21(14-20)33-28-31-15-23(17-8-9-17)26(34-28)24-16-30-25-7-2-1-6-22(24)25/h1-2,6-7,10-13,15-17,20-21,30H,3-5,8-9,14,29H2,(H,32,35)(H,31,33,34)/t20-,21?/m0/s1. The third kappa shape index (κ3) is 4.58. The molecule has 1 amide bonds. The fourth-order valence-corrected chi connectivity index (χ4v) is 5.17. The minimum absolute atomic E-state index is 0.0534. The molecule has 2 aliphatic rings. The number of nitrogens with two attached hydrogens (primary N) is 1. The highest BCUT2D eigenvalue weighted by Crippen LogP contribution is 2.44. The largest absolute Gasteiger partial charge is 0.399 e. The molecule has 7 nitrogen and oxygen atoms in total. The Morgan fingerprint density at radius 3 is 2.63 bits per heavy atom. The van der Waals surface area contributed by atoms with Gasteiger partial charge in [-0.25, -0.2) is 9.97 Å². The van der Waals surface area contributed by atoms with Crippen LogP contribution in [0.25, 0.3) is 22.2 Å². The summed E-state index contributed by atoms with van der Waals surface area (Å²) in [6, 6.07) is 15.7.